The summed E-state index contributed by atoms with van der Waals surface area (Å²) in [6.07, 6.45) is 1.64. The largest absolute Gasteiger partial charge is 0.371 e. The molecule has 4 N–H and O–H groups in total. The average Bonchev–Trinajstić information content (AvgIpc) is 2.79. The molecule has 1 atom stereocenters. The Kier molecular flexibility index (Phi) is 2.69. The van der Waals surface area contributed by atoms with E-state index in [-0.39, 0.29) is 0 Å². The van der Waals surface area contributed by atoms with Gasteiger partial charge in [0.05, 0.1) is 5.69 Å². The van der Waals surface area contributed by atoms with Crippen molar-refractivity contribution in [2.75, 3.05) is 22.7 Å². The number of nitrogens with one attached hydrogen (secondary N) is 2. The Balaban J connectivity index is 2.08. The summed E-state index contributed by atoms with van der Waals surface area (Å²) in [6.45, 7) is 1.99. The third-order valence-electron chi connectivity index (χ3n) is 3.37. The third-order valence-corrected chi connectivity index (χ3v) is 4.42. The van der Waals surface area contributed by atoms with Crippen LogP contribution < -0.4 is 20.1 Å². The minimum atomic E-state index is -3.53. The average molecular weight is 268 g/mol. The number of hydrogen-bond acceptors (Lipinski definition) is 4. The van der Waals surface area contributed by atoms with Gasteiger partial charge in [-0.2, -0.15) is 13.1 Å². The van der Waals surface area contributed by atoms with Crippen LogP contribution in [0.1, 0.15) is 24.6 Å². The van der Waals surface area contributed by atoms with Crippen LogP contribution in [0.25, 0.3) is 0 Å². The van der Waals surface area contributed by atoms with Crippen molar-refractivity contribution in [1.29, 1.82) is 0 Å². The first kappa shape index (κ1) is 11.8. The van der Waals surface area contributed by atoms with E-state index in [0.29, 0.717) is 5.69 Å². The van der Waals surface area contributed by atoms with Crippen LogP contribution in [-0.4, -0.2) is 21.5 Å². The van der Waals surface area contributed by atoms with Crippen LogP contribution in [0.2, 0.25) is 0 Å². The van der Waals surface area contributed by atoms with Gasteiger partial charge in [0.1, 0.15) is 6.17 Å². The molecule has 1 unspecified atom stereocenters. The summed E-state index contributed by atoms with van der Waals surface area (Å²) in [6, 6.07) is 5.59. The summed E-state index contributed by atoms with van der Waals surface area (Å²) in [5.74, 6) is 0. The van der Waals surface area contributed by atoms with E-state index >= 15 is 0 Å². The number of anilines is 2. The second-order valence-electron chi connectivity index (χ2n) is 4.63. The van der Waals surface area contributed by atoms with Crippen LogP contribution in [-0.2, 0) is 10.2 Å². The van der Waals surface area contributed by atoms with Crippen LogP contribution in [0, 0.1) is 0 Å². The molecule has 0 bridgehead atoms. The highest BCUT2D eigenvalue weighted by Gasteiger charge is 2.29. The quantitative estimate of drug-likeness (QED) is 0.692. The highest BCUT2D eigenvalue weighted by molar-refractivity contribution is 7.90. The molecule has 0 aliphatic carbocycles. The van der Waals surface area contributed by atoms with Gasteiger partial charge in [-0.25, -0.2) is 0 Å². The number of nitrogens with zero attached hydrogens (tertiary/aromatic N) is 1. The normalized spacial score (nSPS) is 25.6. The minimum Gasteiger partial charge on any atom is -0.371 e. The molecule has 6 nitrogen and oxygen atoms in total. The SMILES string of the molecule is NC1NS(=O)(=O)Nc2cccc(N3CCCC3)c21. The fraction of sp³-hybridized carbons (Fsp3) is 0.455. The zero-order valence-electron chi connectivity index (χ0n) is 9.89. The molecule has 0 aromatic heterocycles. The summed E-state index contributed by atoms with van der Waals surface area (Å²) in [5, 5.41) is 0. The number of hydrogen-bond donors (Lipinski definition) is 3. The molecule has 0 radical (unpaired) electrons. The summed E-state index contributed by atoms with van der Waals surface area (Å²) in [7, 11) is -3.53. The lowest BCUT2D eigenvalue weighted by Gasteiger charge is -2.30. The van der Waals surface area contributed by atoms with E-state index in [2.05, 4.69) is 14.3 Å². The first-order valence-electron chi connectivity index (χ1n) is 6.00. The molecule has 1 saturated heterocycles. The lowest BCUT2D eigenvalue weighted by atomic mass is 10.1. The van der Waals surface area contributed by atoms with Crippen molar-refractivity contribution in [3.63, 3.8) is 0 Å². The molecular weight excluding hydrogens is 252 g/mol. The Hall–Kier alpha value is -1.31. The predicted octanol–water partition coefficient (Wildman–Crippen LogP) is 0.504. The van der Waals surface area contributed by atoms with Crippen LogP contribution in [0.3, 0.4) is 0 Å². The van der Waals surface area contributed by atoms with E-state index in [4.69, 9.17) is 5.73 Å². The van der Waals surface area contributed by atoms with Gasteiger partial charge in [0, 0.05) is 24.3 Å². The summed E-state index contributed by atoms with van der Waals surface area (Å²) >= 11 is 0. The van der Waals surface area contributed by atoms with E-state index in [1.54, 1.807) is 6.07 Å². The van der Waals surface area contributed by atoms with Crippen LogP contribution in [0.4, 0.5) is 11.4 Å². The molecule has 0 saturated carbocycles. The molecule has 2 heterocycles. The molecule has 1 aromatic carbocycles. The third kappa shape index (κ3) is 1.94. The second-order valence-corrected chi connectivity index (χ2v) is 6.08. The lowest BCUT2D eigenvalue weighted by Crippen LogP contribution is -2.43. The Bertz CT molecular complexity index is 566. The fourth-order valence-electron chi connectivity index (χ4n) is 2.60. The van der Waals surface area contributed by atoms with Crippen LogP contribution >= 0.6 is 0 Å². The predicted molar refractivity (Wildman–Crippen MR) is 70.5 cm³/mol. The van der Waals surface area contributed by atoms with Gasteiger partial charge in [-0.1, -0.05) is 6.07 Å². The molecule has 7 heteroatoms. The van der Waals surface area contributed by atoms with E-state index in [0.717, 1.165) is 37.2 Å². The zero-order valence-corrected chi connectivity index (χ0v) is 10.7. The first-order chi connectivity index (χ1) is 8.57. The molecular formula is C11H16N4O2S. The van der Waals surface area contributed by atoms with Crippen molar-refractivity contribution in [3.05, 3.63) is 23.8 Å². The topological polar surface area (TPSA) is 87.5 Å². The molecule has 2 aliphatic rings. The Morgan fingerprint density at radius 2 is 2.00 bits per heavy atom. The summed E-state index contributed by atoms with van der Waals surface area (Å²) in [5.41, 5.74) is 8.36. The van der Waals surface area contributed by atoms with E-state index in [1.165, 1.54) is 0 Å². The van der Waals surface area contributed by atoms with Crippen molar-refractivity contribution in [1.82, 2.24) is 4.72 Å². The van der Waals surface area contributed by atoms with Crippen molar-refractivity contribution in [2.24, 2.45) is 5.73 Å². The van der Waals surface area contributed by atoms with E-state index in [1.807, 2.05) is 12.1 Å². The fourth-order valence-corrected chi connectivity index (χ4v) is 3.58. The number of fused-ring (bicyclic) bond motifs is 1. The van der Waals surface area contributed by atoms with Gasteiger partial charge in [-0.15, -0.1) is 0 Å². The highest BCUT2D eigenvalue weighted by atomic mass is 32.2. The molecule has 98 valence electrons. The molecule has 1 aromatic rings. The van der Waals surface area contributed by atoms with Crippen molar-refractivity contribution >= 4 is 21.6 Å². The van der Waals surface area contributed by atoms with Crippen molar-refractivity contribution in [3.8, 4) is 0 Å². The summed E-state index contributed by atoms with van der Waals surface area (Å²) in [4.78, 5) is 2.25. The number of benzene rings is 1. The molecule has 1 fully saturated rings. The number of rotatable bonds is 1. The van der Waals surface area contributed by atoms with Gasteiger partial charge in [-0.05, 0) is 25.0 Å². The molecule has 0 spiro atoms. The standard InChI is InChI=1S/C11H16N4O2S/c12-11-10-8(13-18(16,17)14-11)4-3-5-9(10)15-6-1-2-7-15/h3-5,11,13-14H,1-2,6-7,12H2. The Morgan fingerprint density at radius 1 is 1.28 bits per heavy atom. The van der Waals surface area contributed by atoms with Gasteiger partial charge in [0.25, 0.3) is 0 Å². The first-order valence-corrected chi connectivity index (χ1v) is 7.49. The molecule has 3 rings (SSSR count). The maximum Gasteiger partial charge on any atom is 0.300 e. The van der Waals surface area contributed by atoms with Crippen molar-refractivity contribution < 1.29 is 8.42 Å². The van der Waals surface area contributed by atoms with Gasteiger partial charge >= 0.3 is 10.2 Å². The van der Waals surface area contributed by atoms with Crippen LogP contribution in [0.5, 0.6) is 0 Å². The Labute approximate surface area is 106 Å². The van der Waals surface area contributed by atoms with E-state index < -0.39 is 16.4 Å². The highest BCUT2D eigenvalue weighted by Crippen LogP contribution is 2.35. The van der Waals surface area contributed by atoms with Gasteiger partial charge < -0.3 is 10.6 Å². The molecule has 18 heavy (non-hydrogen) atoms. The monoisotopic (exact) mass is 268 g/mol. The lowest BCUT2D eigenvalue weighted by molar-refractivity contribution is 0.562. The zero-order chi connectivity index (χ0) is 12.8. The smallest absolute Gasteiger partial charge is 0.300 e. The molecule has 0 amide bonds. The summed E-state index contributed by atoms with van der Waals surface area (Å²) < 4.78 is 28.0. The number of nitrogens with two attached hydrogens (primary N) is 1. The van der Waals surface area contributed by atoms with E-state index in [9.17, 15) is 8.42 Å². The van der Waals surface area contributed by atoms with Gasteiger partial charge in [-0.3, -0.25) is 4.72 Å². The second kappa shape index (κ2) is 4.11. The maximum atomic E-state index is 11.5. The maximum absolute atomic E-state index is 11.5. The minimum absolute atomic E-state index is 0.575. The van der Waals surface area contributed by atoms with Crippen LogP contribution in [0.15, 0.2) is 18.2 Å². The van der Waals surface area contributed by atoms with Gasteiger partial charge in [0.2, 0.25) is 0 Å². The molecule has 2 aliphatic heterocycles. The van der Waals surface area contributed by atoms with Crippen molar-refractivity contribution in [2.45, 2.75) is 19.0 Å². The van der Waals surface area contributed by atoms with Gasteiger partial charge in [0.15, 0.2) is 0 Å². The Morgan fingerprint density at radius 3 is 2.72 bits per heavy atom.